The third kappa shape index (κ3) is 3.48. The van der Waals surface area contributed by atoms with Gasteiger partial charge in [-0.3, -0.25) is 4.79 Å². The molecule has 0 aromatic heterocycles. The molecule has 1 amide bonds. The van der Waals surface area contributed by atoms with Crippen molar-refractivity contribution < 1.29 is 19.0 Å². The molecule has 2 aromatic rings. The number of carbonyl (C=O) groups excluding carboxylic acids is 1. The van der Waals surface area contributed by atoms with Gasteiger partial charge in [0, 0.05) is 5.69 Å². The molecule has 5 nitrogen and oxygen atoms in total. The van der Waals surface area contributed by atoms with Gasteiger partial charge >= 0.3 is 0 Å². The minimum absolute atomic E-state index is 0.262. The van der Waals surface area contributed by atoms with Gasteiger partial charge in [0.25, 0.3) is 5.91 Å². The van der Waals surface area contributed by atoms with Crippen molar-refractivity contribution in [2.45, 2.75) is 13.3 Å². The lowest BCUT2D eigenvalue weighted by Gasteiger charge is -2.17. The largest absolute Gasteiger partial charge is 0.493 e. The summed E-state index contributed by atoms with van der Waals surface area (Å²) in [5.41, 5.74) is 2.25. The predicted octanol–water partition coefficient (Wildman–Crippen LogP) is 4.29. The van der Waals surface area contributed by atoms with Gasteiger partial charge in [0.05, 0.1) is 31.4 Å². The molecule has 2 aromatic carbocycles. The molecule has 128 valence electrons. The summed E-state index contributed by atoms with van der Waals surface area (Å²) in [4.78, 5) is 12.7. The van der Waals surface area contributed by atoms with Crippen LogP contribution in [0, 0.1) is 0 Å². The lowest BCUT2D eigenvalue weighted by Crippen LogP contribution is -2.15. The van der Waals surface area contributed by atoms with Crippen LogP contribution in [0.2, 0.25) is 0 Å². The number of amides is 1. The van der Waals surface area contributed by atoms with Crippen molar-refractivity contribution in [2.24, 2.45) is 0 Å². The van der Waals surface area contributed by atoms with Crippen molar-refractivity contribution in [1.29, 1.82) is 0 Å². The molecule has 0 aliphatic carbocycles. The zero-order valence-electron chi connectivity index (χ0n) is 14.1. The second-order valence-electron chi connectivity index (χ2n) is 4.97. The SMILES string of the molecule is CCc1ccccc1NC(=O)c1cc(OC)c(OC)c(OC)c1Br. The number of hydrogen-bond acceptors (Lipinski definition) is 4. The molecule has 24 heavy (non-hydrogen) atoms. The quantitative estimate of drug-likeness (QED) is 0.794. The maximum absolute atomic E-state index is 12.7. The zero-order chi connectivity index (χ0) is 17.7. The predicted molar refractivity (Wildman–Crippen MR) is 97.6 cm³/mol. The number of halogens is 1. The van der Waals surface area contributed by atoms with Gasteiger partial charge in [-0.2, -0.15) is 0 Å². The standard InChI is InChI=1S/C18H20BrNO4/c1-5-11-8-6-7-9-13(11)20-18(21)12-10-14(22-2)16(23-3)17(24-4)15(12)19/h6-10H,5H2,1-4H3,(H,20,21). The van der Waals surface area contributed by atoms with E-state index in [9.17, 15) is 4.79 Å². The number of hydrogen-bond donors (Lipinski definition) is 1. The molecule has 2 rings (SSSR count). The maximum Gasteiger partial charge on any atom is 0.257 e. The number of methoxy groups -OCH3 is 3. The molecule has 0 saturated carbocycles. The number of anilines is 1. The molecule has 0 bridgehead atoms. The fourth-order valence-electron chi connectivity index (χ4n) is 2.43. The van der Waals surface area contributed by atoms with Crippen LogP contribution in [0.25, 0.3) is 0 Å². The number of para-hydroxylation sites is 1. The third-order valence-electron chi connectivity index (χ3n) is 3.66. The summed E-state index contributed by atoms with van der Waals surface area (Å²) in [6.45, 7) is 2.04. The minimum atomic E-state index is -0.262. The minimum Gasteiger partial charge on any atom is -0.493 e. The lowest BCUT2D eigenvalue weighted by molar-refractivity contribution is 0.102. The van der Waals surface area contributed by atoms with Crippen molar-refractivity contribution in [3.05, 3.63) is 45.9 Å². The van der Waals surface area contributed by atoms with E-state index >= 15 is 0 Å². The van der Waals surface area contributed by atoms with Gasteiger partial charge in [-0.25, -0.2) is 0 Å². The van der Waals surface area contributed by atoms with Crippen LogP contribution < -0.4 is 19.5 Å². The van der Waals surface area contributed by atoms with Gasteiger partial charge < -0.3 is 19.5 Å². The van der Waals surface area contributed by atoms with Gasteiger partial charge in [0.15, 0.2) is 11.5 Å². The van der Waals surface area contributed by atoms with E-state index in [-0.39, 0.29) is 5.91 Å². The van der Waals surface area contributed by atoms with Crippen LogP contribution >= 0.6 is 15.9 Å². The van der Waals surface area contributed by atoms with Crippen molar-refractivity contribution >= 4 is 27.5 Å². The van der Waals surface area contributed by atoms with Crippen LogP contribution in [0.1, 0.15) is 22.8 Å². The van der Waals surface area contributed by atoms with E-state index in [0.717, 1.165) is 17.7 Å². The number of rotatable bonds is 6. The highest BCUT2D eigenvalue weighted by molar-refractivity contribution is 9.10. The van der Waals surface area contributed by atoms with Crippen LogP contribution in [-0.4, -0.2) is 27.2 Å². The topological polar surface area (TPSA) is 56.8 Å². The molecule has 0 spiro atoms. The Bertz CT molecular complexity index is 746. The molecule has 0 saturated heterocycles. The molecule has 0 unspecified atom stereocenters. The van der Waals surface area contributed by atoms with Crippen LogP contribution in [0.15, 0.2) is 34.8 Å². The third-order valence-corrected chi connectivity index (χ3v) is 4.45. The molecule has 0 heterocycles. The molecular formula is C18H20BrNO4. The fraction of sp³-hybridized carbons (Fsp3) is 0.278. The Kier molecular flexibility index (Phi) is 6.09. The molecule has 0 aliphatic heterocycles. The smallest absolute Gasteiger partial charge is 0.257 e. The van der Waals surface area contributed by atoms with E-state index in [1.54, 1.807) is 6.07 Å². The van der Waals surface area contributed by atoms with Gasteiger partial charge in [-0.1, -0.05) is 25.1 Å². The molecule has 0 radical (unpaired) electrons. The molecule has 0 aliphatic rings. The highest BCUT2D eigenvalue weighted by Gasteiger charge is 2.23. The van der Waals surface area contributed by atoms with Gasteiger partial charge in [-0.15, -0.1) is 0 Å². The van der Waals surface area contributed by atoms with E-state index in [2.05, 4.69) is 21.2 Å². The van der Waals surface area contributed by atoms with E-state index in [1.165, 1.54) is 21.3 Å². The highest BCUT2D eigenvalue weighted by Crippen LogP contribution is 2.44. The Morgan fingerprint density at radius 3 is 2.33 bits per heavy atom. The van der Waals surface area contributed by atoms with Crippen molar-refractivity contribution in [2.75, 3.05) is 26.6 Å². The molecule has 1 N–H and O–H groups in total. The Labute approximate surface area is 150 Å². The zero-order valence-corrected chi connectivity index (χ0v) is 15.7. The maximum atomic E-state index is 12.7. The summed E-state index contributed by atoms with van der Waals surface area (Å²) in [6, 6.07) is 9.32. The summed E-state index contributed by atoms with van der Waals surface area (Å²) in [5, 5.41) is 2.94. The van der Waals surface area contributed by atoms with E-state index in [0.29, 0.717) is 27.3 Å². The number of nitrogens with one attached hydrogen (secondary N) is 1. The number of aryl methyl sites for hydroxylation is 1. The first-order valence-electron chi connectivity index (χ1n) is 7.45. The first-order valence-corrected chi connectivity index (χ1v) is 8.24. The van der Waals surface area contributed by atoms with Crippen LogP contribution in [0.3, 0.4) is 0 Å². The average Bonchev–Trinajstić information content (AvgIpc) is 2.61. The molecule has 6 heteroatoms. The summed E-state index contributed by atoms with van der Waals surface area (Å²) in [5.74, 6) is 0.997. The Hall–Kier alpha value is -2.21. The van der Waals surface area contributed by atoms with E-state index in [1.807, 2.05) is 31.2 Å². The first-order chi connectivity index (χ1) is 11.6. The number of carbonyl (C=O) groups is 1. The average molecular weight is 394 g/mol. The second-order valence-corrected chi connectivity index (χ2v) is 5.76. The summed E-state index contributed by atoms with van der Waals surface area (Å²) in [6.07, 6.45) is 0.826. The van der Waals surface area contributed by atoms with Gasteiger partial charge in [0.2, 0.25) is 5.75 Å². The lowest BCUT2D eigenvalue weighted by atomic mass is 10.1. The molecule has 0 atom stereocenters. The second kappa shape index (κ2) is 8.06. The van der Waals surface area contributed by atoms with Crippen molar-refractivity contribution in [3.8, 4) is 17.2 Å². The fourth-order valence-corrected chi connectivity index (χ4v) is 3.06. The van der Waals surface area contributed by atoms with Crippen LogP contribution in [0.5, 0.6) is 17.2 Å². The van der Waals surface area contributed by atoms with Crippen LogP contribution in [-0.2, 0) is 6.42 Å². The Morgan fingerprint density at radius 2 is 1.75 bits per heavy atom. The summed E-state index contributed by atoms with van der Waals surface area (Å²) >= 11 is 3.42. The van der Waals surface area contributed by atoms with E-state index < -0.39 is 0 Å². The monoisotopic (exact) mass is 393 g/mol. The van der Waals surface area contributed by atoms with Crippen molar-refractivity contribution in [3.63, 3.8) is 0 Å². The normalized spacial score (nSPS) is 10.2. The summed E-state index contributed by atoms with van der Waals surface area (Å²) in [7, 11) is 4.54. The Balaban J connectivity index is 2.46. The number of ether oxygens (including phenoxy) is 3. The van der Waals surface area contributed by atoms with Gasteiger partial charge in [0.1, 0.15) is 0 Å². The van der Waals surface area contributed by atoms with Gasteiger partial charge in [-0.05, 0) is 40.0 Å². The summed E-state index contributed by atoms with van der Waals surface area (Å²) < 4.78 is 16.5. The number of benzene rings is 2. The van der Waals surface area contributed by atoms with Crippen LogP contribution in [0.4, 0.5) is 5.69 Å². The van der Waals surface area contributed by atoms with E-state index in [4.69, 9.17) is 14.2 Å². The molecular weight excluding hydrogens is 374 g/mol. The highest BCUT2D eigenvalue weighted by atomic mass is 79.9. The van der Waals surface area contributed by atoms with Crippen molar-refractivity contribution in [1.82, 2.24) is 0 Å². The first kappa shape index (κ1) is 18.1. The molecule has 0 fully saturated rings. The Morgan fingerprint density at radius 1 is 1.08 bits per heavy atom.